The molecule has 0 radical (unpaired) electrons. The van der Waals surface area contributed by atoms with Gasteiger partial charge in [0, 0.05) is 18.9 Å². The van der Waals surface area contributed by atoms with E-state index in [-0.39, 0.29) is 5.91 Å². The molecule has 2 atom stereocenters. The smallest absolute Gasteiger partial charge is 0.328 e. The van der Waals surface area contributed by atoms with Crippen LogP contribution >= 0.6 is 0 Å². The van der Waals surface area contributed by atoms with E-state index in [1.165, 1.54) is 18.9 Å². The molecule has 0 aliphatic carbocycles. The highest BCUT2D eigenvalue weighted by Crippen LogP contribution is 2.35. The summed E-state index contributed by atoms with van der Waals surface area (Å²) < 4.78 is 9.97. The SMILES string of the molecule is COC(=O)C1CCC(=O)N1C(C)c1ccccc1OC(C)=O. The molecule has 22 heavy (non-hydrogen) atoms. The maximum atomic E-state index is 12.2. The second-order valence-electron chi connectivity index (χ2n) is 5.19. The Hall–Kier alpha value is -2.37. The molecule has 0 N–H and O–H groups in total. The number of likely N-dealkylation sites (tertiary alicyclic amines) is 1. The maximum Gasteiger partial charge on any atom is 0.328 e. The first-order valence-electron chi connectivity index (χ1n) is 7.12. The van der Waals surface area contributed by atoms with E-state index in [1.807, 2.05) is 6.92 Å². The Morgan fingerprint density at radius 1 is 1.32 bits per heavy atom. The van der Waals surface area contributed by atoms with Crippen molar-refractivity contribution >= 4 is 17.8 Å². The Kier molecular flexibility index (Phi) is 4.80. The Labute approximate surface area is 129 Å². The average Bonchev–Trinajstić information content (AvgIpc) is 2.87. The number of amides is 1. The Morgan fingerprint density at radius 2 is 2.00 bits per heavy atom. The van der Waals surface area contributed by atoms with Crippen molar-refractivity contribution < 1.29 is 23.9 Å². The zero-order valence-corrected chi connectivity index (χ0v) is 12.9. The number of ether oxygens (including phenoxy) is 2. The number of esters is 2. The van der Waals surface area contributed by atoms with Gasteiger partial charge in [0.05, 0.1) is 13.2 Å². The second-order valence-corrected chi connectivity index (χ2v) is 5.19. The van der Waals surface area contributed by atoms with E-state index >= 15 is 0 Å². The zero-order valence-electron chi connectivity index (χ0n) is 12.9. The highest BCUT2D eigenvalue weighted by Gasteiger charge is 2.40. The summed E-state index contributed by atoms with van der Waals surface area (Å²) in [5.74, 6) is -0.578. The van der Waals surface area contributed by atoms with E-state index < -0.39 is 24.0 Å². The zero-order chi connectivity index (χ0) is 16.3. The third kappa shape index (κ3) is 3.10. The molecule has 118 valence electrons. The lowest BCUT2D eigenvalue weighted by molar-refractivity contribution is -0.150. The summed E-state index contributed by atoms with van der Waals surface area (Å²) in [7, 11) is 1.31. The van der Waals surface area contributed by atoms with Gasteiger partial charge in [0.15, 0.2) is 0 Å². The number of carbonyl (C=O) groups excluding carboxylic acids is 3. The fourth-order valence-corrected chi connectivity index (χ4v) is 2.78. The molecule has 1 aliphatic rings. The fourth-order valence-electron chi connectivity index (χ4n) is 2.78. The minimum Gasteiger partial charge on any atom is -0.467 e. The van der Waals surface area contributed by atoms with Crippen molar-refractivity contribution in [2.75, 3.05) is 7.11 Å². The third-order valence-electron chi connectivity index (χ3n) is 3.77. The van der Waals surface area contributed by atoms with Crippen molar-refractivity contribution in [3.63, 3.8) is 0 Å². The molecule has 1 amide bonds. The van der Waals surface area contributed by atoms with Gasteiger partial charge in [-0.25, -0.2) is 4.79 Å². The van der Waals surface area contributed by atoms with Crippen molar-refractivity contribution in [2.45, 2.75) is 38.8 Å². The molecule has 0 spiro atoms. The number of para-hydroxylation sites is 1. The molecule has 1 fully saturated rings. The van der Waals surface area contributed by atoms with Gasteiger partial charge in [0.25, 0.3) is 0 Å². The van der Waals surface area contributed by atoms with Gasteiger partial charge in [-0.05, 0) is 19.4 Å². The highest BCUT2D eigenvalue weighted by molar-refractivity contribution is 5.88. The van der Waals surface area contributed by atoms with Gasteiger partial charge in [-0.3, -0.25) is 9.59 Å². The number of benzene rings is 1. The van der Waals surface area contributed by atoms with Gasteiger partial charge in [-0.1, -0.05) is 18.2 Å². The van der Waals surface area contributed by atoms with Gasteiger partial charge in [0.1, 0.15) is 11.8 Å². The summed E-state index contributed by atoms with van der Waals surface area (Å²) in [6.45, 7) is 3.13. The lowest BCUT2D eigenvalue weighted by atomic mass is 10.0. The highest BCUT2D eigenvalue weighted by atomic mass is 16.5. The van der Waals surface area contributed by atoms with Crippen LogP contribution in [0.15, 0.2) is 24.3 Å². The van der Waals surface area contributed by atoms with Crippen LogP contribution in [0.2, 0.25) is 0 Å². The van der Waals surface area contributed by atoms with Crippen LogP contribution in [-0.2, 0) is 19.1 Å². The minimum absolute atomic E-state index is 0.111. The van der Waals surface area contributed by atoms with Gasteiger partial charge in [-0.15, -0.1) is 0 Å². The van der Waals surface area contributed by atoms with Crippen LogP contribution in [-0.4, -0.2) is 35.9 Å². The van der Waals surface area contributed by atoms with Crippen LogP contribution in [0, 0.1) is 0 Å². The molecule has 0 bridgehead atoms. The molecule has 0 saturated carbocycles. The summed E-state index contributed by atoms with van der Waals surface area (Å²) in [5, 5.41) is 0. The van der Waals surface area contributed by atoms with Crippen LogP contribution < -0.4 is 4.74 Å². The van der Waals surface area contributed by atoms with Crippen molar-refractivity contribution in [2.24, 2.45) is 0 Å². The van der Waals surface area contributed by atoms with E-state index in [0.717, 1.165) is 0 Å². The van der Waals surface area contributed by atoms with Crippen molar-refractivity contribution in [3.8, 4) is 5.75 Å². The van der Waals surface area contributed by atoms with E-state index in [4.69, 9.17) is 9.47 Å². The summed E-state index contributed by atoms with van der Waals surface area (Å²) >= 11 is 0. The molecule has 1 heterocycles. The summed E-state index contributed by atoms with van der Waals surface area (Å²) in [6, 6.07) is 6.00. The lowest BCUT2D eigenvalue weighted by Gasteiger charge is -2.30. The molecule has 1 saturated heterocycles. The number of methoxy groups -OCH3 is 1. The van der Waals surface area contributed by atoms with E-state index in [1.54, 1.807) is 24.3 Å². The summed E-state index contributed by atoms with van der Waals surface area (Å²) in [4.78, 5) is 36.8. The Morgan fingerprint density at radius 3 is 2.64 bits per heavy atom. The standard InChI is InChI=1S/C16H19NO5/c1-10(12-6-4-5-7-14(12)22-11(2)18)17-13(16(20)21-3)8-9-15(17)19/h4-7,10,13H,8-9H2,1-3H3. The first-order chi connectivity index (χ1) is 10.5. The van der Waals surface area contributed by atoms with Crippen LogP contribution in [0.5, 0.6) is 5.75 Å². The van der Waals surface area contributed by atoms with Gasteiger partial charge < -0.3 is 14.4 Å². The largest absolute Gasteiger partial charge is 0.467 e. The molecule has 2 rings (SSSR count). The molecule has 2 unspecified atom stereocenters. The van der Waals surface area contributed by atoms with Crippen LogP contribution in [0.3, 0.4) is 0 Å². The second kappa shape index (κ2) is 6.60. The third-order valence-corrected chi connectivity index (χ3v) is 3.77. The summed E-state index contributed by atoms with van der Waals surface area (Å²) in [6.07, 6.45) is 0.741. The number of rotatable bonds is 4. The quantitative estimate of drug-likeness (QED) is 0.627. The average molecular weight is 305 g/mol. The number of carbonyl (C=O) groups is 3. The first kappa shape index (κ1) is 16.0. The Bertz CT molecular complexity index is 598. The predicted octanol–water partition coefficient (Wildman–Crippen LogP) is 1.84. The summed E-state index contributed by atoms with van der Waals surface area (Å²) in [5.41, 5.74) is 0.682. The lowest BCUT2D eigenvalue weighted by Crippen LogP contribution is -2.41. The number of hydrogen-bond donors (Lipinski definition) is 0. The molecule has 6 heteroatoms. The minimum atomic E-state index is -0.599. The van der Waals surface area contributed by atoms with Gasteiger partial charge in [-0.2, -0.15) is 0 Å². The normalized spacial score (nSPS) is 19.0. The molecule has 0 aromatic heterocycles. The van der Waals surface area contributed by atoms with Crippen LogP contribution in [0.25, 0.3) is 0 Å². The Balaban J connectivity index is 2.33. The van der Waals surface area contributed by atoms with Crippen molar-refractivity contribution in [1.82, 2.24) is 4.90 Å². The predicted molar refractivity (Wildman–Crippen MR) is 78.1 cm³/mol. The van der Waals surface area contributed by atoms with E-state index in [9.17, 15) is 14.4 Å². The topological polar surface area (TPSA) is 72.9 Å². The molecule has 1 aromatic rings. The van der Waals surface area contributed by atoms with Gasteiger partial charge >= 0.3 is 11.9 Å². The van der Waals surface area contributed by atoms with E-state index in [0.29, 0.717) is 24.2 Å². The molecule has 1 aliphatic heterocycles. The number of hydrogen-bond acceptors (Lipinski definition) is 5. The van der Waals surface area contributed by atoms with E-state index in [2.05, 4.69) is 0 Å². The molecule has 1 aromatic carbocycles. The molecular weight excluding hydrogens is 286 g/mol. The monoisotopic (exact) mass is 305 g/mol. The van der Waals surface area contributed by atoms with Crippen LogP contribution in [0.1, 0.15) is 38.3 Å². The molecular formula is C16H19NO5. The van der Waals surface area contributed by atoms with Gasteiger partial charge in [0.2, 0.25) is 5.91 Å². The van der Waals surface area contributed by atoms with Crippen molar-refractivity contribution in [1.29, 1.82) is 0 Å². The molecule has 6 nitrogen and oxygen atoms in total. The number of nitrogens with zero attached hydrogens (tertiary/aromatic N) is 1. The van der Waals surface area contributed by atoms with Crippen molar-refractivity contribution in [3.05, 3.63) is 29.8 Å². The fraction of sp³-hybridized carbons (Fsp3) is 0.438. The maximum absolute atomic E-state index is 12.2. The van der Waals surface area contributed by atoms with Crippen LogP contribution in [0.4, 0.5) is 0 Å². The first-order valence-corrected chi connectivity index (χ1v) is 7.12.